The van der Waals surface area contributed by atoms with Crippen molar-refractivity contribution in [1.29, 1.82) is 0 Å². The fraction of sp³-hybridized carbons (Fsp3) is 0.263. The van der Waals surface area contributed by atoms with Crippen LogP contribution in [-0.4, -0.2) is 25.0 Å². The van der Waals surface area contributed by atoms with Crippen molar-refractivity contribution >= 4 is 11.9 Å². The Morgan fingerprint density at radius 1 is 1.13 bits per heavy atom. The molecule has 0 unspecified atom stereocenters. The van der Waals surface area contributed by atoms with Crippen LogP contribution in [0.1, 0.15) is 22.8 Å². The molecule has 0 aromatic heterocycles. The number of fused-ring (bicyclic) bond motifs is 3. The summed E-state index contributed by atoms with van der Waals surface area (Å²) in [7, 11) is 1.41. The summed E-state index contributed by atoms with van der Waals surface area (Å²) < 4.78 is 11.2. The van der Waals surface area contributed by atoms with Gasteiger partial charge in [0, 0.05) is 11.5 Å². The molecule has 0 saturated carbocycles. The highest BCUT2D eigenvalue weighted by atomic mass is 16.5. The van der Waals surface area contributed by atoms with Crippen LogP contribution in [0.3, 0.4) is 0 Å². The van der Waals surface area contributed by atoms with Gasteiger partial charge in [0.15, 0.2) is 6.04 Å². The average Bonchev–Trinajstić information content (AvgIpc) is 2.99. The second-order valence-electron chi connectivity index (χ2n) is 5.87. The van der Waals surface area contributed by atoms with Gasteiger partial charge in [0.1, 0.15) is 6.10 Å². The summed E-state index contributed by atoms with van der Waals surface area (Å²) in [5.41, 5.74) is 3.25. The Kier molecular flexibility index (Phi) is 3.37. The van der Waals surface area contributed by atoms with Gasteiger partial charge in [0.05, 0.1) is 7.11 Å². The van der Waals surface area contributed by atoms with Gasteiger partial charge < -0.3 is 9.47 Å². The standard InChI is InChI=1S/C19H17NO3/c1-22-19(21)16-15-11-13-9-5-6-10-14(13)17(15)23-18(20-16)12-7-3-2-4-8-12/h2-10,15-17H,11H2,1H3/t15-,16-,17-/m0/s1. The van der Waals surface area contributed by atoms with Crippen LogP contribution in [0.15, 0.2) is 59.6 Å². The van der Waals surface area contributed by atoms with Crippen molar-refractivity contribution in [1.82, 2.24) is 0 Å². The Bertz CT molecular complexity index is 769. The Morgan fingerprint density at radius 3 is 2.65 bits per heavy atom. The van der Waals surface area contributed by atoms with Crippen molar-refractivity contribution in [2.75, 3.05) is 7.11 Å². The van der Waals surface area contributed by atoms with Gasteiger partial charge in [-0.3, -0.25) is 0 Å². The number of ether oxygens (including phenoxy) is 2. The van der Waals surface area contributed by atoms with Crippen LogP contribution >= 0.6 is 0 Å². The first-order valence-electron chi connectivity index (χ1n) is 7.73. The molecule has 1 aliphatic carbocycles. The molecule has 2 aromatic carbocycles. The molecule has 2 aliphatic rings. The summed E-state index contributed by atoms with van der Waals surface area (Å²) in [6.45, 7) is 0. The Balaban J connectivity index is 1.78. The quantitative estimate of drug-likeness (QED) is 0.802. The van der Waals surface area contributed by atoms with Crippen LogP contribution in [-0.2, 0) is 20.7 Å². The van der Waals surface area contributed by atoms with E-state index in [1.807, 2.05) is 42.5 Å². The minimum absolute atomic E-state index is 0.00712. The second kappa shape index (κ2) is 5.54. The van der Waals surface area contributed by atoms with Crippen molar-refractivity contribution in [2.24, 2.45) is 10.9 Å². The molecule has 23 heavy (non-hydrogen) atoms. The average molecular weight is 307 g/mol. The first kappa shape index (κ1) is 14.0. The molecule has 116 valence electrons. The van der Waals surface area contributed by atoms with E-state index >= 15 is 0 Å². The maximum atomic E-state index is 12.3. The summed E-state index contributed by atoms with van der Waals surface area (Å²) in [4.78, 5) is 16.8. The highest BCUT2D eigenvalue weighted by Gasteiger charge is 2.46. The number of esters is 1. The highest BCUT2D eigenvalue weighted by Crippen LogP contribution is 2.44. The van der Waals surface area contributed by atoms with Crippen LogP contribution in [0, 0.1) is 5.92 Å². The van der Waals surface area contributed by atoms with Crippen molar-refractivity contribution in [2.45, 2.75) is 18.6 Å². The zero-order valence-electron chi connectivity index (χ0n) is 12.8. The van der Waals surface area contributed by atoms with Gasteiger partial charge in [0.25, 0.3) is 0 Å². The molecule has 4 rings (SSSR count). The predicted octanol–water partition coefficient (Wildman–Crippen LogP) is 2.92. The van der Waals surface area contributed by atoms with Crippen molar-refractivity contribution in [3.05, 3.63) is 71.3 Å². The van der Waals surface area contributed by atoms with Crippen LogP contribution in [0.25, 0.3) is 0 Å². The van der Waals surface area contributed by atoms with Crippen LogP contribution in [0.4, 0.5) is 0 Å². The molecule has 0 spiro atoms. The lowest BCUT2D eigenvalue weighted by molar-refractivity contribution is -0.145. The normalized spacial score (nSPS) is 24.9. The van der Waals surface area contributed by atoms with E-state index in [1.54, 1.807) is 0 Å². The molecular weight excluding hydrogens is 290 g/mol. The van der Waals surface area contributed by atoms with Gasteiger partial charge in [-0.15, -0.1) is 0 Å². The SMILES string of the molecule is COC(=O)[C@H]1N=C(c2ccccc2)O[C@H]2c3ccccc3C[C@@H]12. The van der Waals surface area contributed by atoms with E-state index in [9.17, 15) is 4.79 Å². The van der Waals surface area contributed by atoms with Crippen molar-refractivity contribution in [3.63, 3.8) is 0 Å². The Labute approximate surface area is 134 Å². The molecule has 1 heterocycles. The predicted molar refractivity (Wildman–Crippen MR) is 86.2 cm³/mol. The van der Waals surface area contributed by atoms with Crippen molar-refractivity contribution < 1.29 is 14.3 Å². The van der Waals surface area contributed by atoms with Gasteiger partial charge in [-0.2, -0.15) is 0 Å². The molecule has 4 heteroatoms. The number of methoxy groups -OCH3 is 1. The fourth-order valence-corrected chi connectivity index (χ4v) is 3.46. The lowest BCUT2D eigenvalue weighted by Crippen LogP contribution is -2.38. The number of rotatable bonds is 2. The minimum Gasteiger partial charge on any atom is -0.469 e. The summed E-state index contributed by atoms with van der Waals surface area (Å²) in [5, 5.41) is 0. The third-order valence-corrected chi connectivity index (χ3v) is 4.57. The zero-order valence-corrected chi connectivity index (χ0v) is 12.8. The zero-order chi connectivity index (χ0) is 15.8. The molecule has 0 bridgehead atoms. The van der Waals surface area contributed by atoms with Gasteiger partial charge in [-0.05, 0) is 29.7 Å². The first-order chi connectivity index (χ1) is 11.3. The monoisotopic (exact) mass is 307 g/mol. The molecule has 3 atom stereocenters. The summed E-state index contributed by atoms with van der Waals surface area (Å²) in [6.07, 6.45) is 0.634. The molecule has 4 nitrogen and oxygen atoms in total. The number of carbonyl (C=O) groups excluding carboxylic acids is 1. The Hall–Kier alpha value is -2.62. The van der Waals surface area contributed by atoms with Gasteiger partial charge >= 0.3 is 5.97 Å². The third kappa shape index (κ3) is 2.31. The van der Waals surface area contributed by atoms with Gasteiger partial charge in [0.2, 0.25) is 5.90 Å². The van der Waals surface area contributed by atoms with E-state index in [-0.39, 0.29) is 18.0 Å². The molecule has 0 N–H and O–H groups in total. The van der Waals surface area contributed by atoms with E-state index in [4.69, 9.17) is 9.47 Å². The lowest BCUT2D eigenvalue weighted by atomic mass is 9.93. The van der Waals surface area contributed by atoms with E-state index in [2.05, 4.69) is 17.1 Å². The van der Waals surface area contributed by atoms with E-state index in [0.717, 1.165) is 17.5 Å². The lowest BCUT2D eigenvalue weighted by Gasteiger charge is -2.31. The molecule has 0 saturated heterocycles. The molecule has 0 fully saturated rings. The maximum Gasteiger partial charge on any atom is 0.331 e. The first-order valence-corrected chi connectivity index (χ1v) is 7.73. The van der Waals surface area contributed by atoms with E-state index in [1.165, 1.54) is 12.7 Å². The highest BCUT2D eigenvalue weighted by molar-refractivity contribution is 5.96. The smallest absolute Gasteiger partial charge is 0.331 e. The van der Waals surface area contributed by atoms with Crippen LogP contribution < -0.4 is 0 Å². The van der Waals surface area contributed by atoms with Gasteiger partial charge in [-0.25, -0.2) is 9.79 Å². The number of benzene rings is 2. The van der Waals surface area contributed by atoms with Gasteiger partial charge in [-0.1, -0.05) is 42.5 Å². The fourth-order valence-electron chi connectivity index (χ4n) is 3.46. The maximum absolute atomic E-state index is 12.3. The van der Waals surface area contributed by atoms with Crippen LogP contribution in [0.5, 0.6) is 0 Å². The summed E-state index contributed by atoms with van der Waals surface area (Å²) in [5.74, 6) is 0.204. The third-order valence-electron chi connectivity index (χ3n) is 4.57. The molecule has 0 radical (unpaired) electrons. The largest absolute Gasteiger partial charge is 0.469 e. The number of hydrogen-bond donors (Lipinski definition) is 0. The Morgan fingerprint density at radius 2 is 1.87 bits per heavy atom. The molecule has 0 amide bonds. The minimum atomic E-state index is -0.527. The van der Waals surface area contributed by atoms with Crippen LogP contribution in [0.2, 0.25) is 0 Å². The van der Waals surface area contributed by atoms with E-state index in [0.29, 0.717) is 5.90 Å². The second-order valence-corrected chi connectivity index (χ2v) is 5.87. The summed E-state index contributed by atoms with van der Waals surface area (Å²) >= 11 is 0. The summed E-state index contributed by atoms with van der Waals surface area (Å²) in [6, 6.07) is 17.3. The molecule has 1 aliphatic heterocycles. The number of nitrogens with zero attached hydrogens (tertiary/aromatic N) is 1. The number of carbonyl (C=O) groups is 1. The number of aliphatic imine (C=N–C) groups is 1. The molecular formula is C19H17NO3. The number of hydrogen-bond acceptors (Lipinski definition) is 4. The van der Waals surface area contributed by atoms with Crippen molar-refractivity contribution in [3.8, 4) is 0 Å². The topological polar surface area (TPSA) is 47.9 Å². The van der Waals surface area contributed by atoms with E-state index < -0.39 is 6.04 Å². The molecule has 2 aromatic rings.